The maximum Gasteiger partial charge on any atom is 0.339 e. The topological polar surface area (TPSA) is 63.1 Å². The van der Waals surface area contributed by atoms with Gasteiger partial charge in [-0.1, -0.05) is 30.3 Å². The molecule has 2 aromatic rings. The smallest absolute Gasteiger partial charge is 0.339 e. The Morgan fingerprint density at radius 1 is 1.25 bits per heavy atom. The van der Waals surface area contributed by atoms with Crippen molar-refractivity contribution >= 4 is 5.97 Å². The van der Waals surface area contributed by atoms with Crippen LogP contribution >= 0.6 is 0 Å². The van der Waals surface area contributed by atoms with Crippen LogP contribution in [0.5, 0.6) is 0 Å². The molecule has 1 heterocycles. The van der Waals surface area contributed by atoms with Gasteiger partial charge in [0.2, 0.25) is 0 Å². The van der Waals surface area contributed by atoms with Gasteiger partial charge in [-0.25, -0.2) is 14.8 Å². The maximum atomic E-state index is 10.8. The molecule has 0 spiro atoms. The lowest BCUT2D eigenvalue weighted by Crippen LogP contribution is -2.04. The van der Waals surface area contributed by atoms with E-state index in [1.54, 1.807) is 6.92 Å². The van der Waals surface area contributed by atoms with Gasteiger partial charge in [0, 0.05) is 11.8 Å². The first kappa shape index (κ1) is 10.3. The fourth-order valence-electron chi connectivity index (χ4n) is 1.40. The van der Waals surface area contributed by atoms with Gasteiger partial charge in [0.15, 0.2) is 5.82 Å². The first-order valence-corrected chi connectivity index (χ1v) is 4.81. The number of benzene rings is 1. The molecule has 0 saturated heterocycles. The van der Waals surface area contributed by atoms with Gasteiger partial charge in [-0.15, -0.1) is 0 Å². The summed E-state index contributed by atoms with van der Waals surface area (Å²) < 4.78 is 0. The van der Waals surface area contributed by atoms with Gasteiger partial charge in [0.25, 0.3) is 0 Å². The van der Waals surface area contributed by atoms with Crippen LogP contribution in [-0.4, -0.2) is 21.0 Å². The molecule has 0 atom stereocenters. The van der Waals surface area contributed by atoms with E-state index in [-0.39, 0.29) is 5.56 Å². The van der Waals surface area contributed by atoms with Crippen LogP contribution < -0.4 is 0 Å². The van der Waals surface area contributed by atoms with Crippen LogP contribution in [0.1, 0.15) is 16.1 Å². The van der Waals surface area contributed by atoms with Crippen molar-refractivity contribution in [1.29, 1.82) is 0 Å². The second kappa shape index (κ2) is 4.10. The summed E-state index contributed by atoms with van der Waals surface area (Å²) in [5.41, 5.74) is 1.49. The van der Waals surface area contributed by atoms with Crippen molar-refractivity contribution in [2.24, 2.45) is 0 Å². The van der Waals surface area contributed by atoms with Gasteiger partial charge in [-0.2, -0.15) is 0 Å². The molecule has 1 aromatic heterocycles. The minimum Gasteiger partial charge on any atom is -0.478 e. The Bertz CT molecular complexity index is 524. The molecule has 0 aliphatic heterocycles. The summed E-state index contributed by atoms with van der Waals surface area (Å²) in [6.07, 6.45) is 1.34. The number of carbonyl (C=O) groups is 1. The van der Waals surface area contributed by atoms with Crippen LogP contribution in [0.2, 0.25) is 0 Å². The highest BCUT2D eigenvalue weighted by atomic mass is 16.4. The summed E-state index contributed by atoms with van der Waals surface area (Å²) in [7, 11) is 0. The Balaban J connectivity index is 2.46. The molecule has 4 heteroatoms. The molecule has 0 unspecified atom stereocenters. The monoisotopic (exact) mass is 214 g/mol. The molecule has 0 aliphatic rings. The number of aromatic carboxylic acids is 1. The first-order chi connectivity index (χ1) is 7.68. The van der Waals surface area contributed by atoms with Crippen molar-refractivity contribution in [3.63, 3.8) is 0 Å². The summed E-state index contributed by atoms with van der Waals surface area (Å²) in [6, 6.07) is 9.45. The number of carboxylic acid groups (broad SMARTS) is 1. The molecule has 4 nitrogen and oxygen atoms in total. The van der Waals surface area contributed by atoms with E-state index >= 15 is 0 Å². The maximum absolute atomic E-state index is 10.8. The van der Waals surface area contributed by atoms with Crippen LogP contribution in [0.3, 0.4) is 0 Å². The summed E-state index contributed by atoms with van der Waals surface area (Å²) in [4.78, 5) is 19.0. The molecule has 0 fully saturated rings. The van der Waals surface area contributed by atoms with E-state index < -0.39 is 5.97 Å². The van der Waals surface area contributed by atoms with Crippen LogP contribution in [0.4, 0.5) is 0 Å². The molecule has 80 valence electrons. The lowest BCUT2D eigenvalue weighted by Gasteiger charge is -2.03. The van der Waals surface area contributed by atoms with Gasteiger partial charge in [-0.3, -0.25) is 0 Å². The van der Waals surface area contributed by atoms with Gasteiger partial charge >= 0.3 is 5.97 Å². The minimum atomic E-state index is -1.00. The Kier molecular flexibility index (Phi) is 2.64. The van der Waals surface area contributed by atoms with Gasteiger partial charge in [0.1, 0.15) is 0 Å². The number of nitrogens with zero attached hydrogens (tertiary/aromatic N) is 2. The van der Waals surface area contributed by atoms with Crippen molar-refractivity contribution in [1.82, 2.24) is 9.97 Å². The quantitative estimate of drug-likeness (QED) is 0.831. The molecule has 0 amide bonds. The SMILES string of the molecule is Cc1nc(-c2ccccc2)ncc1C(=O)O. The van der Waals surface area contributed by atoms with E-state index in [0.717, 1.165) is 5.56 Å². The van der Waals surface area contributed by atoms with Crippen LogP contribution in [-0.2, 0) is 0 Å². The van der Waals surface area contributed by atoms with Crippen LogP contribution in [0, 0.1) is 6.92 Å². The standard InChI is InChI=1S/C12H10N2O2/c1-8-10(12(15)16)7-13-11(14-8)9-5-3-2-4-6-9/h2-7H,1H3,(H,15,16). The Labute approximate surface area is 92.6 Å². The van der Waals surface area contributed by atoms with Crippen LogP contribution in [0.15, 0.2) is 36.5 Å². The van der Waals surface area contributed by atoms with E-state index in [4.69, 9.17) is 5.11 Å². The van der Waals surface area contributed by atoms with Crippen molar-refractivity contribution in [3.05, 3.63) is 47.8 Å². The highest BCUT2D eigenvalue weighted by molar-refractivity contribution is 5.88. The Morgan fingerprint density at radius 3 is 2.50 bits per heavy atom. The van der Waals surface area contributed by atoms with Crippen molar-refractivity contribution in [3.8, 4) is 11.4 Å². The zero-order chi connectivity index (χ0) is 11.5. The predicted molar refractivity (Wildman–Crippen MR) is 59.2 cm³/mol. The van der Waals surface area contributed by atoms with Gasteiger partial charge in [0.05, 0.1) is 11.3 Å². The number of hydrogen-bond acceptors (Lipinski definition) is 3. The summed E-state index contributed by atoms with van der Waals surface area (Å²) >= 11 is 0. The van der Waals surface area contributed by atoms with E-state index in [2.05, 4.69) is 9.97 Å². The number of carboxylic acids is 1. The number of aromatic nitrogens is 2. The third-order valence-corrected chi connectivity index (χ3v) is 2.24. The largest absolute Gasteiger partial charge is 0.478 e. The molecule has 0 aliphatic carbocycles. The van der Waals surface area contributed by atoms with Crippen molar-refractivity contribution < 1.29 is 9.90 Å². The summed E-state index contributed by atoms with van der Waals surface area (Å²) in [5.74, 6) is -0.458. The molecular weight excluding hydrogens is 204 g/mol. The first-order valence-electron chi connectivity index (χ1n) is 4.81. The zero-order valence-electron chi connectivity index (χ0n) is 8.71. The summed E-state index contributed by atoms with van der Waals surface area (Å²) in [5, 5.41) is 8.85. The van der Waals surface area contributed by atoms with Crippen molar-refractivity contribution in [2.75, 3.05) is 0 Å². The Morgan fingerprint density at radius 2 is 1.94 bits per heavy atom. The average Bonchev–Trinajstić information content (AvgIpc) is 2.29. The van der Waals surface area contributed by atoms with E-state index in [1.165, 1.54) is 6.20 Å². The molecule has 0 bridgehead atoms. The third-order valence-electron chi connectivity index (χ3n) is 2.24. The van der Waals surface area contributed by atoms with E-state index in [9.17, 15) is 4.79 Å². The van der Waals surface area contributed by atoms with Crippen LogP contribution in [0.25, 0.3) is 11.4 Å². The molecule has 0 radical (unpaired) electrons. The van der Waals surface area contributed by atoms with Gasteiger partial charge < -0.3 is 5.11 Å². The minimum absolute atomic E-state index is 0.139. The number of rotatable bonds is 2. The fraction of sp³-hybridized carbons (Fsp3) is 0.0833. The number of hydrogen-bond donors (Lipinski definition) is 1. The summed E-state index contributed by atoms with van der Waals surface area (Å²) in [6.45, 7) is 1.66. The molecule has 1 aromatic carbocycles. The Hall–Kier alpha value is -2.23. The highest BCUT2D eigenvalue weighted by Gasteiger charge is 2.10. The molecule has 16 heavy (non-hydrogen) atoms. The normalized spacial score (nSPS) is 10.1. The lowest BCUT2D eigenvalue weighted by atomic mass is 10.2. The second-order valence-corrected chi connectivity index (χ2v) is 3.36. The lowest BCUT2D eigenvalue weighted by molar-refractivity contribution is 0.0695. The second-order valence-electron chi connectivity index (χ2n) is 3.36. The average molecular weight is 214 g/mol. The molecule has 0 saturated carbocycles. The number of aryl methyl sites for hydroxylation is 1. The van der Waals surface area contributed by atoms with E-state index in [1.807, 2.05) is 30.3 Å². The predicted octanol–water partition coefficient (Wildman–Crippen LogP) is 2.15. The molecule has 1 N–H and O–H groups in total. The highest BCUT2D eigenvalue weighted by Crippen LogP contribution is 2.15. The zero-order valence-corrected chi connectivity index (χ0v) is 8.71. The third kappa shape index (κ3) is 1.91. The van der Waals surface area contributed by atoms with Gasteiger partial charge in [-0.05, 0) is 6.92 Å². The van der Waals surface area contributed by atoms with Crippen molar-refractivity contribution in [2.45, 2.75) is 6.92 Å². The molecular formula is C12H10N2O2. The fourth-order valence-corrected chi connectivity index (χ4v) is 1.40. The molecule has 2 rings (SSSR count). The van der Waals surface area contributed by atoms with E-state index in [0.29, 0.717) is 11.5 Å².